The van der Waals surface area contributed by atoms with Crippen LogP contribution < -0.4 is 5.32 Å². The van der Waals surface area contributed by atoms with Gasteiger partial charge in [-0.25, -0.2) is 0 Å². The highest BCUT2D eigenvalue weighted by molar-refractivity contribution is 5.32. The van der Waals surface area contributed by atoms with E-state index in [0.29, 0.717) is 17.6 Å². The summed E-state index contributed by atoms with van der Waals surface area (Å²) in [5.41, 5.74) is 1.39. The average molecular weight is 205 g/mol. The topological polar surface area (TPSA) is 32.3 Å². The number of rotatable bonds is 1. The molecule has 1 aliphatic carbocycles. The van der Waals surface area contributed by atoms with Gasteiger partial charge in [0.1, 0.15) is 5.76 Å². The number of hydrogen-bond acceptors (Lipinski definition) is 2. The number of nitrogens with one attached hydrogen (secondary N) is 1. The van der Waals surface area contributed by atoms with E-state index in [9.17, 15) is 5.11 Å². The highest BCUT2D eigenvalue weighted by Gasteiger charge is 2.17. The Balaban J connectivity index is 2.11. The lowest BCUT2D eigenvalue weighted by Gasteiger charge is -2.24. The summed E-state index contributed by atoms with van der Waals surface area (Å²) in [6.07, 6.45) is 10.5. The number of hydrogen-bond donors (Lipinski definition) is 2. The van der Waals surface area contributed by atoms with Crippen molar-refractivity contribution in [3.63, 3.8) is 0 Å². The summed E-state index contributed by atoms with van der Waals surface area (Å²) < 4.78 is 0. The quantitative estimate of drug-likeness (QED) is 0.689. The van der Waals surface area contributed by atoms with Gasteiger partial charge in [-0.05, 0) is 55.5 Å². The van der Waals surface area contributed by atoms with Crippen molar-refractivity contribution in [2.24, 2.45) is 11.8 Å². The molecule has 0 saturated carbocycles. The second-order valence-corrected chi connectivity index (χ2v) is 4.47. The van der Waals surface area contributed by atoms with E-state index in [2.05, 4.69) is 24.4 Å². The molecule has 0 radical (unpaired) electrons. The van der Waals surface area contributed by atoms with Gasteiger partial charge in [0.05, 0.1) is 0 Å². The molecule has 15 heavy (non-hydrogen) atoms. The minimum Gasteiger partial charge on any atom is -0.508 e. The van der Waals surface area contributed by atoms with Crippen LogP contribution in [0.2, 0.25) is 0 Å². The standard InChI is InChI=1S/C13H19NO/c1-10-8-12(2-3-13(15)9-10)11-4-6-14-7-5-11/h2-3,8-11,14-15H,4-7H2,1H3. The molecule has 1 aliphatic heterocycles. The molecular formula is C13H19NO. The fraction of sp³-hybridized carbons (Fsp3) is 0.538. The molecule has 2 heteroatoms. The van der Waals surface area contributed by atoms with Gasteiger partial charge in [0.25, 0.3) is 0 Å². The summed E-state index contributed by atoms with van der Waals surface area (Å²) in [6, 6.07) is 0. The first-order chi connectivity index (χ1) is 7.25. The smallest absolute Gasteiger partial charge is 0.112 e. The van der Waals surface area contributed by atoms with Crippen molar-refractivity contribution in [2.75, 3.05) is 13.1 Å². The van der Waals surface area contributed by atoms with Crippen LogP contribution in [0.25, 0.3) is 0 Å². The van der Waals surface area contributed by atoms with Crippen molar-refractivity contribution in [1.82, 2.24) is 5.32 Å². The Hall–Kier alpha value is -1.02. The van der Waals surface area contributed by atoms with Gasteiger partial charge in [0.15, 0.2) is 0 Å². The molecule has 1 unspecified atom stereocenters. The summed E-state index contributed by atoms with van der Waals surface area (Å²) in [5.74, 6) is 1.40. The minimum absolute atomic E-state index is 0.338. The van der Waals surface area contributed by atoms with Gasteiger partial charge in [0.2, 0.25) is 0 Å². The van der Waals surface area contributed by atoms with E-state index in [1.807, 2.05) is 12.2 Å². The Morgan fingerprint density at radius 1 is 1.20 bits per heavy atom. The van der Waals surface area contributed by atoms with E-state index in [4.69, 9.17) is 0 Å². The highest BCUT2D eigenvalue weighted by Crippen LogP contribution is 2.26. The van der Waals surface area contributed by atoms with Crippen LogP contribution in [-0.4, -0.2) is 18.2 Å². The predicted molar refractivity (Wildman–Crippen MR) is 62.7 cm³/mol. The number of aliphatic hydroxyl groups is 1. The zero-order valence-electron chi connectivity index (χ0n) is 9.24. The molecule has 2 rings (SSSR count). The SMILES string of the molecule is CC1C=C(O)C=CC(C2CCNCC2)=C1. The van der Waals surface area contributed by atoms with Crippen molar-refractivity contribution < 1.29 is 5.11 Å². The van der Waals surface area contributed by atoms with Crippen LogP contribution in [0.3, 0.4) is 0 Å². The van der Waals surface area contributed by atoms with E-state index >= 15 is 0 Å². The second kappa shape index (κ2) is 4.67. The van der Waals surface area contributed by atoms with Gasteiger partial charge in [-0.3, -0.25) is 0 Å². The zero-order chi connectivity index (χ0) is 10.7. The van der Waals surface area contributed by atoms with Crippen molar-refractivity contribution >= 4 is 0 Å². The maximum Gasteiger partial charge on any atom is 0.112 e. The maximum atomic E-state index is 9.50. The first-order valence-corrected chi connectivity index (χ1v) is 5.77. The molecule has 0 aromatic carbocycles. The van der Waals surface area contributed by atoms with Crippen LogP contribution in [0.4, 0.5) is 0 Å². The Kier molecular flexibility index (Phi) is 3.27. The molecule has 0 spiro atoms. The summed E-state index contributed by atoms with van der Waals surface area (Å²) in [4.78, 5) is 0. The Labute approximate surface area is 91.4 Å². The van der Waals surface area contributed by atoms with Crippen LogP contribution >= 0.6 is 0 Å². The summed E-state index contributed by atoms with van der Waals surface area (Å²) in [7, 11) is 0. The van der Waals surface area contributed by atoms with E-state index in [0.717, 1.165) is 13.1 Å². The second-order valence-electron chi connectivity index (χ2n) is 4.47. The maximum absolute atomic E-state index is 9.50. The van der Waals surface area contributed by atoms with Crippen LogP contribution in [0.5, 0.6) is 0 Å². The van der Waals surface area contributed by atoms with E-state index in [1.165, 1.54) is 18.4 Å². The van der Waals surface area contributed by atoms with Gasteiger partial charge >= 0.3 is 0 Å². The average Bonchev–Trinajstić information content (AvgIpc) is 2.41. The molecular weight excluding hydrogens is 186 g/mol. The highest BCUT2D eigenvalue weighted by atomic mass is 16.3. The molecule has 2 nitrogen and oxygen atoms in total. The van der Waals surface area contributed by atoms with Crippen LogP contribution in [0.1, 0.15) is 19.8 Å². The van der Waals surface area contributed by atoms with Gasteiger partial charge < -0.3 is 10.4 Å². The third-order valence-electron chi connectivity index (χ3n) is 3.15. The molecule has 0 amide bonds. The molecule has 0 bridgehead atoms. The Morgan fingerprint density at radius 3 is 2.67 bits per heavy atom. The fourth-order valence-corrected chi connectivity index (χ4v) is 2.34. The first kappa shape index (κ1) is 10.5. The van der Waals surface area contributed by atoms with Crippen LogP contribution in [-0.2, 0) is 0 Å². The molecule has 82 valence electrons. The zero-order valence-corrected chi connectivity index (χ0v) is 9.24. The van der Waals surface area contributed by atoms with Gasteiger partial charge in [-0.2, -0.15) is 0 Å². The third kappa shape index (κ3) is 2.72. The van der Waals surface area contributed by atoms with Crippen molar-refractivity contribution in [3.8, 4) is 0 Å². The fourth-order valence-electron chi connectivity index (χ4n) is 2.34. The van der Waals surface area contributed by atoms with Crippen molar-refractivity contribution in [1.29, 1.82) is 0 Å². The molecule has 1 saturated heterocycles. The third-order valence-corrected chi connectivity index (χ3v) is 3.15. The van der Waals surface area contributed by atoms with Gasteiger partial charge in [-0.1, -0.05) is 19.1 Å². The van der Waals surface area contributed by atoms with E-state index in [-0.39, 0.29) is 0 Å². The predicted octanol–water partition coefficient (Wildman–Crippen LogP) is 2.56. The molecule has 0 aromatic rings. The molecule has 1 atom stereocenters. The molecule has 1 heterocycles. The summed E-state index contributed by atoms with van der Waals surface area (Å²) >= 11 is 0. The molecule has 2 aliphatic rings. The number of aliphatic hydroxyl groups excluding tert-OH is 1. The Morgan fingerprint density at radius 2 is 1.93 bits per heavy atom. The molecule has 1 fully saturated rings. The monoisotopic (exact) mass is 205 g/mol. The number of allylic oxidation sites excluding steroid dienone is 5. The molecule has 2 N–H and O–H groups in total. The largest absolute Gasteiger partial charge is 0.508 e. The summed E-state index contributed by atoms with van der Waals surface area (Å²) in [5, 5.41) is 12.9. The normalized spacial score (nSPS) is 28.2. The lowest BCUT2D eigenvalue weighted by Crippen LogP contribution is -2.28. The minimum atomic E-state index is 0.338. The van der Waals surface area contributed by atoms with Gasteiger partial charge in [0, 0.05) is 0 Å². The lowest BCUT2D eigenvalue weighted by molar-refractivity contribution is 0.423. The Bertz CT molecular complexity index is 308. The lowest BCUT2D eigenvalue weighted by atomic mass is 9.88. The van der Waals surface area contributed by atoms with Crippen LogP contribution in [0.15, 0.2) is 35.6 Å². The summed E-state index contributed by atoms with van der Waals surface area (Å²) in [6.45, 7) is 4.34. The van der Waals surface area contributed by atoms with Crippen LogP contribution in [0, 0.1) is 11.8 Å². The van der Waals surface area contributed by atoms with Crippen molar-refractivity contribution in [3.05, 3.63) is 35.6 Å². The van der Waals surface area contributed by atoms with E-state index < -0.39 is 0 Å². The van der Waals surface area contributed by atoms with Crippen molar-refractivity contribution in [2.45, 2.75) is 19.8 Å². The van der Waals surface area contributed by atoms with Gasteiger partial charge in [-0.15, -0.1) is 0 Å². The molecule has 0 aromatic heterocycles. The number of piperidine rings is 1. The first-order valence-electron chi connectivity index (χ1n) is 5.77. The van der Waals surface area contributed by atoms with E-state index in [1.54, 1.807) is 0 Å².